The molecule has 0 saturated heterocycles. The summed E-state index contributed by atoms with van der Waals surface area (Å²) in [4.78, 5) is 13.1. The van der Waals surface area contributed by atoms with Crippen LogP contribution in [0.5, 0.6) is 0 Å². The first kappa shape index (κ1) is 18.1. The van der Waals surface area contributed by atoms with E-state index < -0.39 is 0 Å². The standard InChI is InChI=1S/C20H20N6O2S/c1-13-4-6-14(7-5-13)16-11-17(18-3-2-10-28-18)26(22-16)19(27)12-29-20-21-23-24-25(20)15-8-9-15/h2-7,10,15,17H,8-9,11-12H2,1H3/t17-/m1/s1. The lowest BCUT2D eigenvalue weighted by molar-refractivity contribution is -0.130. The van der Waals surface area contributed by atoms with Crippen LogP contribution in [-0.2, 0) is 4.79 Å². The highest BCUT2D eigenvalue weighted by atomic mass is 32.2. The molecule has 0 spiro atoms. The van der Waals surface area contributed by atoms with E-state index in [4.69, 9.17) is 4.42 Å². The van der Waals surface area contributed by atoms with Gasteiger partial charge in [0.25, 0.3) is 5.91 Å². The molecular weight excluding hydrogens is 388 g/mol. The van der Waals surface area contributed by atoms with Crippen LogP contribution >= 0.6 is 11.8 Å². The smallest absolute Gasteiger partial charge is 0.253 e. The Bertz CT molecular complexity index is 1040. The minimum absolute atomic E-state index is 0.0936. The van der Waals surface area contributed by atoms with Crippen molar-refractivity contribution in [1.29, 1.82) is 0 Å². The predicted octanol–water partition coefficient (Wildman–Crippen LogP) is 3.38. The van der Waals surface area contributed by atoms with Gasteiger partial charge in [-0.2, -0.15) is 5.10 Å². The third kappa shape index (κ3) is 3.69. The van der Waals surface area contributed by atoms with Gasteiger partial charge < -0.3 is 4.42 Å². The van der Waals surface area contributed by atoms with Gasteiger partial charge in [-0.05, 0) is 47.9 Å². The van der Waals surface area contributed by atoms with E-state index in [2.05, 4.69) is 32.8 Å². The molecule has 2 aliphatic rings. The number of nitrogens with zero attached hydrogens (tertiary/aromatic N) is 6. The molecule has 1 aliphatic heterocycles. The van der Waals surface area contributed by atoms with E-state index >= 15 is 0 Å². The first-order valence-electron chi connectivity index (χ1n) is 9.59. The summed E-state index contributed by atoms with van der Waals surface area (Å²) in [7, 11) is 0. The zero-order valence-corrected chi connectivity index (χ0v) is 16.7. The van der Waals surface area contributed by atoms with E-state index in [-0.39, 0.29) is 17.7 Å². The number of furan rings is 1. The van der Waals surface area contributed by atoms with Crippen molar-refractivity contribution in [3.8, 4) is 0 Å². The molecule has 1 aromatic carbocycles. The Hall–Kier alpha value is -2.94. The fourth-order valence-electron chi connectivity index (χ4n) is 3.38. The maximum Gasteiger partial charge on any atom is 0.253 e. The molecule has 0 radical (unpaired) electrons. The van der Waals surface area contributed by atoms with Crippen molar-refractivity contribution in [1.82, 2.24) is 25.2 Å². The average Bonchev–Trinajstić information content (AvgIpc) is 3.16. The number of hydrazone groups is 1. The average molecular weight is 408 g/mol. The van der Waals surface area contributed by atoms with Crippen molar-refractivity contribution in [2.24, 2.45) is 5.10 Å². The SMILES string of the molecule is Cc1ccc(C2=NN(C(=O)CSc3nnnn3C3CC3)[C@@H](c3ccco3)C2)cc1. The van der Waals surface area contributed by atoms with Gasteiger partial charge >= 0.3 is 0 Å². The molecule has 1 atom stereocenters. The number of aromatic nitrogens is 4. The molecule has 1 fully saturated rings. The fourth-order valence-corrected chi connectivity index (χ4v) is 4.18. The molecule has 1 saturated carbocycles. The van der Waals surface area contributed by atoms with Gasteiger partial charge in [0, 0.05) is 6.42 Å². The highest BCUT2D eigenvalue weighted by Gasteiger charge is 2.35. The van der Waals surface area contributed by atoms with E-state index in [9.17, 15) is 4.79 Å². The number of amides is 1. The summed E-state index contributed by atoms with van der Waals surface area (Å²) in [5, 5.41) is 18.7. The Morgan fingerprint density at radius 3 is 2.79 bits per heavy atom. The summed E-state index contributed by atoms with van der Waals surface area (Å²) in [6.45, 7) is 2.05. The van der Waals surface area contributed by atoms with Gasteiger partial charge in [-0.1, -0.05) is 41.6 Å². The summed E-state index contributed by atoms with van der Waals surface area (Å²) in [6.07, 6.45) is 4.42. The van der Waals surface area contributed by atoms with Crippen LogP contribution in [0.1, 0.15) is 48.2 Å². The summed E-state index contributed by atoms with van der Waals surface area (Å²) in [6, 6.07) is 12.0. The Morgan fingerprint density at radius 1 is 1.24 bits per heavy atom. The second-order valence-electron chi connectivity index (χ2n) is 7.31. The van der Waals surface area contributed by atoms with Gasteiger partial charge in [0.2, 0.25) is 5.16 Å². The van der Waals surface area contributed by atoms with Gasteiger partial charge in [-0.15, -0.1) is 5.10 Å². The third-order valence-electron chi connectivity index (χ3n) is 5.10. The first-order chi connectivity index (χ1) is 14.2. The van der Waals surface area contributed by atoms with Crippen LogP contribution < -0.4 is 0 Å². The molecule has 29 heavy (non-hydrogen) atoms. The van der Waals surface area contributed by atoms with E-state index in [1.165, 1.54) is 17.3 Å². The van der Waals surface area contributed by atoms with E-state index in [0.717, 1.165) is 29.9 Å². The number of carbonyl (C=O) groups excluding carboxylic acids is 1. The molecule has 8 nitrogen and oxygen atoms in total. The lowest BCUT2D eigenvalue weighted by Crippen LogP contribution is -2.28. The lowest BCUT2D eigenvalue weighted by atomic mass is 10.0. The minimum atomic E-state index is -0.242. The normalized spacial score (nSPS) is 18.9. The maximum atomic E-state index is 13.1. The number of tetrazole rings is 1. The molecule has 148 valence electrons. The number of thioether (sulfide) groups is 1. The molecule has 1 amide bonds. The van der Waals surface area contributed by atoms with Gasteiger partial charge in [0.1, 0.15) is 11.8 Å². The molecular formula is C20H20N6O2S. The van der Waals surface area contributed by atoms with E-state index in [1.54, 1.807) is 11.3 Å². The van der Waals surface area contributed by atoms with Crippen LogP contribution in [-0.4, -0.2) is 42.6 Å². The number of hydrogen-bond donors (Lipinski definition) is 0. The highest BCUT2D eigenvalue weighted by molar-refractivity contribution is 7.99. The van der Waals surface area contributed by atoms with Crippen LogP contribution in [0.4, 0.5) is 0 Å². The second kappa shape index (κ2) is 7.47. The van der Waals surface area contributed by atoms with Crippen molar-refractivity contribution in [2.75, 3.05) is 5.75 Å². The van der Waals surface area contributed by atoms with Crippen LogP contribution in [0.3, 0.4) is 0 Å². The van der Waals surface area contributed by atoms with Crippen molar-refractivity contribution in [3.63, 3.8) is 0 Å². The topological polar surface area (TPSA) is 89.4 Å². The summed E-state index contributed by atoms with van der Waals surface area (Å²) < 4.78 is 7.41. The Morgan fingerprint density at radius 2 is 2.07 bits per heavy atom. The van der Waals surface area contributed by atoms with Crippen LogP contribution in [0, 0.1) is 6.92 Å². The predicted molar refractivity (Wildman–Crippen MR) is 107 cm³/mol. The number of hydrogen-bond acceptors (Lipinski definition) is 7. The molecule has 0 unspecified atom stereocenters. The van der Waals surface area contributed by atoms with Gasteiger partial charge in [0.15, 0.2) is 0 Å². The highest BCUT2D eigenvalue weighted by Crippen LogP contribution is 2.37. The van der Waals surface area contributed by atoms with Gasteiger partial charge in [0.05, 0.1) is 23.8 Å². The Kier molecular flexibility index (Phi) is 4.67. The molecule has 0 bridgehead atoms. The summed E-state index contributed by atoms with van der Waals surface area (Å²) >= 11 is 1.35. The third-order valence-corrected chi connectivity index (χ3v) is 6.02. The van der Waals surface area contributed by atoms with Crippen LogP contribution in [0.25, 0.3) is 0 Å². The number of rotatable bonds is 6. The number of carbonyl (C=O) groups is 1. The second-order valence-corrected chi connectivity index (χ2v) is 8.25. The van der Waals surface area contributed by atoms with Crippen LogP contribution in [0.15, 0.2) is 57.3 Å². The first-order valence-corrected chi connectivity index (χ1v) is 10.6. The maximum absolute atomic E-state index is 13.1. The van der Waals surface area contributed by atoms with E-state index in [1.807, 2.05) is 35.9 Å². The van der Waals surface area contributed by atoms with Crippen molar-refractivity contribution < 1.29 is 9.21 Å². The summed E-state index contributed by atoms with van der Waals surface area (Å²) in [5.74, 6) is 0.857. The molecule has 3 heterocycles. The zero-order chi connectivity index (χ0) is 19.8. The van der Waals surface area contributed by atoms with Crippen LogP contribution in [0.2, 0.25) is 0 Å². The fraction of sp³-hybridized carbons (Fsp3) is 0.350. The largest absolute Gasteiger partial charge is 0.467 e. The van der Waals surface area contributed by atoms with Gasteiger partial charge in [-0.25, -0.2) is 9.69 Å². The zero-order valence-electron chi connectivity index (χ0n) is 15.9. The monoisotopic (exact) mass is 408 g/mol. The molecule has 1 aliphatic carbocycles. The van der Waals surface area contributed by atoms with Crippen molar-refractivity contribution in [3.05, 3.63) is 59.5 Å². The molecule has 0 N–H and O–H groups in total. The van der Waals surface area contributed by atoms with Crippen molar-refractivity contribution in [2.45, 2.75) is 43.4 Å². The molecule has 3 aromatic rings. The molecule has 5 rings (SSSR count). The van der Waals surface area contributed by atoms with Gasteiger partial charge in [-0.3, -0.25) is 4.79 Å². The summed E-state index contributed by atoms with van der Waals surface area (Å²) in [5.41, 5.74) is 3.09. The number of benzene rings is 1. The quantitative estimate of drug-likeness (QED) is 0.581. The Balaban J connectivity index is 1.36. The van der Waals surface area contributed by atoms with Crippen molar-refractivity contribution >= 4 is 23.4 Å². The number of aryl methyl sites for hydroxylation is 1. The minimum Gasteiger partial charge on any atom is -0.467 e. The lowest BCUT2D eigenvalue weighted by Gasteiger charge is -2.19. The molecule has 2 aromatic heterocycles. The molecule has 9 heteroatoms. The Labute approximate surface area is 172 Å². The van der Waals surface area contributed by atoms with E-state index in [0.29, 0.717) is 17.6 Å².